The number of aryl methyl sites for hydroxylation is 1. The fraction of sp³-hybridized carbons (Fsp3) is 0.412. The van der Waals surface area contributed by atoms with Gasteiger partial charge in [-0.05, 0) is 31.0 Å². The van der Waals surface area contributed by atoms with E-state index >= 15 is 0 Å². The zero-order valence-corrected chi connectivity index (χ0v) is 15.1. The molecule has 6 heteroatoms. The van der Waals surface area contributed by atoms with Crippen LogP contribution in [0.4, 0.5) is 5.69 Å². The zero-order valence-electron chi connectivity index (χ0n) is 14.3. The predicted molar refractivity (Wildman–Crippen MR) is 99.5 cm³/mol. The number of thiazole rings is 1. The number of aliphatic imine (C=N–C) groups is 1. The minimum atomic E-state index is 0.704. The molecule has 5 nitrogen and oxygen atoms in total. The van der Waals surface area contributed by atoms with Crippen molar-refractivity contribution in [1.29, 1.82) is 0 Å². The van der Waals surface area contributed by atoms with Crippen molar-refractivity contribution in [3.8, 4) is 0 Å². The smallest absolute Gasteiger partial charge is 0.191 e. The van der Waals surface area contributed by atoms with Crippen molar-refractivity contribution in [2.75, 3.05) is 32.6 Å². The second-order valence-corrected chi connectivity index (χ2v) is 6.85. The molecule has 1 aromatic carbocycles. The Morgan fingerprint density at radius 1 is 1.22 bits per heavy atom. The number of aromatic nitrogens is 1. The Kier molecular flexibility index (Phi) is 6.40. The summed E-state index contributed by atoms with van der Waals surface area (Å²) < 4.78 is 0. The van der Waals surface area contributed by atoms with Gasteiger partial charge in [0, 0.05) is 44.4 Å². The van der Waals surface area contributed by atoms with Crippen LogP contribution in [0, 0.1) is 6.92 Å². The lowest BCUT2D eigenvalue weighted by Crippen LogP contribution is -2.37. The topological polar surface area (TPSA) is 52.6 Å². The van der Waals surface area contributed by atoms with Crippen LogP contribution in [0.5, 0.6) is 0 Å². The largest absolute Gasteiger partial charge is 0.378 e. The molecule has 0 aliphatic carbocycles. The first-order valence-electron chi connectivity index (χ1n) is 7.70. The van der Waals surface area contributed by atoms with E-state index in [9.17, 15) is 0 Å². The molecule has 0 unspecified atom stereocenters. The van der Waals surface area contributed by atoms with Gasteiger partial charge in [0.1, 0.15) is 5.01 Å². The van der Waals surface area contributed by atoms with Crippen LogP contribution >= 0.6 is 11.3 Å². The van der Waals surface area contributed by atoms with Crippen LogP contribution in [0.1, 0.15) is 15.4 Å². The van der Waals surface area contributed by atoms with Gasteiger partial charge in [-0.25, -0.2) is 4.98 Å². The van der Waals surface area contributed by atoms with E-state index in [2.05, 4.69) is 70.8 Å². The molecule has 0 aliphatic heterocycles. The lowest BCUT2D eigenvalue weighted by atomic mass is 10.1. The minimum absolute atomic E-state index is 0.704. The highest BCUT2D eigenvalue weighted by Crippen LogP contribution is 2.12. The van der Waals surface area contributed by atoms with Gasteiger partial charge in [-0.3, -0.25) is 4.99 Å². The molecule has 0 atom stereocenters. The number of hydrogen-bond acceptors (Lipinski definition) is 4. The summed E-state index contributed by atoms with van der Waals surface area (Å²) in [5, 5.41) is 7.70. The maximum atomic E-state index is 4.34. The fourth-order valence-corrected chi connectivity index (χ4v) is 2.88. The van der Waals surface area contributed by atoms with E-state index in [1.165, 1.54) is 16.1 Å². The average molecular weight is 331 g/mol. The van der Waals surface area contributed by atoms with E-state index in [0.29, 0.717) is 6.54 Å². The molecule has 2 aromatic rings. The Morgan fingerprint density at radius 2 is 1.96 bits per heavy atom. The van der Waals surface area contributed by atoms with E-state index in [-0.39, 0.29) is 0 Å². The summed E-state index contributed by atoms with van der Waals surface area (Å²) in [4.78, 5) is 11.9. The predicted octanol–water partition coefficient (Wildman–Crippen LogP) is 2.43. The molecule has 0 spiro atoms. The standard InChI is InChI=1S/C17H25N5S/c1-13-11-20-16(23-13)12-21-17(18-2)19-10-9-14-5-7-15(8-6-14)22(3)4/h5-8,11H,9-10,12H2,1-4H3,(H2,18,19,21). The van der Waals surface area contributed by atoms with Gasteiger partial charge in [-0.1, -0.05) is 12.1 Å². The van der Waals surface area contributed by atoms with E-state index in [1.54, 1.807) is 18.4 Å². The fourth-order valence-electron chi connectivity index (χ4n) is 2.15. The maximum absolute atomic E-state index is 4.34. The highest BCUT2D eigenvalue weighted by molar-refractivity contribution is 7.11. The van der Waals surface area contributed by atoms with Crippen molar-refractivity contribution in [1.82, 2.24) is 15.6 Å². The third-order valence-electron chi connectivity index (χ3n) is 3.46. The number of nitrogens with one attached hydrogen (secondary N) is 2. The molecular formula is C17H25N5S. The SMILES string of the molecule is CN=C(NCCc1ccc(N(C)C)cc1)NCc1ncc(C)s1. The van der Waals surface area contributed by atoms with Crippen molar-refractivity contribution in [2.24, 2.45) is 4.99 Å². The zero-order chi connectivity index (χ0) is 16.7. The molecule has 0 aliphatic rings. The van der Waals surface area contributed by atoms with Crippen LogP contribution in [0.3, 0.4) is 0 Å². The van der Waals surface area contributed by atoms with Gasteiger partial charge < -0.3 is 15.5 Å². The van der Waals surface area contributed by atoms with Crippen molar-refractivity contribution in [2.45, 2.75) is 19.9 Å². The Labute approximate surface area is 142 Å². The number of anilines is 1. The van der Waals surface area contributed by atoms with Crippen molar-refractivity contribution in [3.05, 3.63) is 45.9 Å². The molecule has 0 bridgehead atoms. The number of nitrogens with zero attached hydrogens (tertiary/aromatic N) is 3. The van der Waals surface area contributed by atoms with Gasteiger partial charge in [-0.2, -0.15) is 0 Å². The number of hydrogen-bond donors (Lipinski definition) is 2. The molecule has 2 rings (SSSR count). The summed E-state index contributed by atoms with van der Waals surface area (Å²) in [6.45, 7) is 3.61. The highest BCUT2D eigenvalue weighted by atomic mass is 32.1. The Bertz CT molecular complexity index is 631. The van der Waals surface area contributed by atoms with E-state index in [4.69, 9.17) is 0 Å². The van der Waals surface area contributed by atoms with Gasteiger partial charge in [0.15, 0.2) is 5.96 Å². The van der Waals surface area contributed by atoms with Crippen LogP contribution in [-0.4, -0.2) is 38.6 Å². The number of rotatable bonds is 6. The third-order valence-corrected chi connectivity index (χ3v) is 4.37. The summed E-state index contributed by atoms with van der Waals surface area (Å²) in [7, 11) is 5.89. The molecule has 0 fully saturated rings. The van der Waals surface area contributed by atoms with Crippen LogP contribution < -0.4 is 15.5 Å². The Hall–Kier alpha value is -2.08. The van der Waals surface area contributed by atoms with E-state index in [0.717, 1.165) is 23.9 Å². The lowest BCUT2D eigenvalue weighted by Gasteiger charge is -2.13. The Balaban J connectivity index is 1.75. The van der Waals surface area contributed by atoms with Gasteiger partial charge in [0.2, 0.25) is 0 Å². The van der Waals surface area contributed by atoms with Crippen LogP contribution in [0.15, 0.2) is 35.5 Å². The molecule has 1 heterocycles. The van der Waals surface area contributed by atoms with Gasteiger partial charge in [0.25, 0.3) is 0 Å². The van der Waals surface area contributed by atoms with Crippen molar-refractivity contribution < 1.29 is 0 Å². The molecule has 124 valence electrons. The Morgan fingerprint density at radius 3 is 2.52 bits per heavy atom. The van der Waals surface area contributed by atoms with Gasteiger partial charge >= 0.3 is 0 Å². The summed E-state index contributed by atoms with van der Waals surface area (Å²) in [5.41, 5.74) is 2.53. The number of guanidine groups is 1. The minimum Gasteiger partial charge on any atom is -0.378 e. The average Bonchev–Trinajstić information content (AvgIpc) is 2.96. The highest BCUT2D eigenvalue weighted by Gasteiger charge is 2.02. The third kappa shape index (κ3) is 5.56. The first-order chi connectivity index (χ1) is 11.1. The summed E-state index contributed by atoms with van der Waals surface area (Å²) >= 11 is 1.70. The summed E-state index contributed by atoms with van der Waals surface area (Å²) in [6, 6.07) is 8.64. The second kappa shape index (κ2) is 8.53. The van der Waals surface area contributed by atoms with Crippen molar-refractivity contribution in [3.63, 3.8) is 0 Å². The summed E-state index contributed by atoms with van der Waals surface area (Å²) in [6.07, 6.45) is 2.86. The molecule has 1 aromatic heterocycles. The monoisotopic (exact) mass is 331 g/mol. The molecule has 23 heavy (non-hydrogen) atoms. The molecule has 0 amide bonds. The maximum Gasteiger partial charge on any atom is 0.191 e. The molecule has 0 saturated heterocycles. The molecule has 0 saturated carbocycles. The van der Waals surface area contributed by atoms with E-state index in [1.807, 2.05) is 6.20 Å². The number of benzene rings is 1. The van der Waals surface area contributed by atoms with Gasteiger partial charge in [0.05, 0.1) is 6.54 Å². The second-order valence-electron chi connectivity index (χ2n) is 5.53. The quantitative estimate of drug-likeness (QED) is 0.630. The van der Waals surface area contributed by atoms with Crippen molar-refractivity contribution >= 4 is 23.0 Å². The first kappa shape index (κ1) is 17.3. The molecule has 0 radical (unpaired) electrons. The van der Waals surface area contributed by atoms with Crippen LogP contribution in [0.25, 0.3) is 0 Å². The van der Waals surface area contributed by atoms with Gasteiger partial charge in [-0.15, -0.1) is 11.3 Å². The summed E-state index contributed by atoms with van der Waals surface area (Å²) in [5.74, 6) is 0.808. The lowest BCUT2D eigenvalue weighted by molar-refractivity contribution is 0.791. The van der Waals surface area contributed by atoms with E-state index < -0.39 is 0 Å². The molecular weight excluding hydrogens is 306 g/mol. The molecule has 2 N–H and O–H groups in total. The van der Waals surface area contributed by atoms with Crippen LogP contribution in [0.2, 0.25) is 0 Å². The van der Waals surface area contributed by atoms with Crippen LogP contribution in [-0.2, 0) is 13.0 Å². The first-order valence-corrected chi connectivity index (χ1v) is 8.52. The normalized spacial score (nSPS) is 11.4.